The Labute approximate surface area is 120 Å². The van der Waals surface area contributed by atoms with Crippen molar-refractivity contribution in [3.8, 4) is 0 Å². The van der Waals surface area contributed by atoms with E-state index in [0.29, 0.717) is 6.54 Å². The van der Waals surface area contributed by atoms with E-state index in [1.807, 2.05) is 4.57 Å². The van der Waals surface area contributed by atoms with Crippen molar-refractivity contribution in [1.29, 1.82) is 0 Å². The van der Waals surface area contributed by atoms with Gasteiger partial charge in [-0.05, 0) is 63.9 Å². The van der Waals surface area contributed by atoms with E-state index in [-0.39, 0.29) is 5.92 Å². The Balaban J connectivity index is 2.24. The second-order valence-electron chi connectivity index (χ2n) is 4.07. The number of nitrogens with zero attached hydrogens (tertiary/aromatic N) is 2. The van der Waals surface area contributed by atoms with Gasteiger partial charge in [-0.2, -0.15) is 0 Å². The lowest BCUT2D eigenvalue weighted by molar-refractivity contribution is -0.144. The molecule has 0 spiro atoms. The number of halogens is 2. The predicted molar refractivity (Wildman–Crippen MR) is 74.9 cm³/mol. The highest BCUT2D eigenvalue weighted by Gasteiger charge is 2.48. The summed E-state index contributed by atoms with van der Waals surface area (Å²) in [5, 5.41) is 9.24. The number of hydrogen-bond acceptors (Lipinski definition) is 3. The van der Waals surface area contributed by atoms with Gasteiger partial charge in [0.1, 0.15) is 12.9 Å². The normalized spacial score (nSPS) is 19.4. The molecule has 1 unspecified atom stereocenters. The Bertz CT molecular complexity index is 430. The summed E-state index contributed by atoms with van der Waals surface area (Å²) in [7, 11) is 0. The lowest BCUT2D eigenvalue weighted by atomic mass is 9.94. The van der Waals surface area contributed by atoms with Crippen LogP contribution in [-0.4, -0.2) is 26.2 Å². The molecule has 0 saturated heterocycles. The van der Waals surface area contributed by atoms with Gasteiger partial charge in [0.25, 0.3) is 0 Å². The third kappa shape index (κ3) is 2.21. The second kappa shape index (κ2) is 4.41. The summed E-state index contributed by atoms with van der Waals surface area (Å²) in [6.07, 6.45) is 3.47. The standard InChI is InChI=1S/C9H11I2N3O2/c10-6-7(11)14(4-13-6)3-9(12,8(15)16)5-1-2-5/h4-5H,1-3,12H2,(H,15,16). The topological polar surface area (TPSA) is 81.1 Å². The third-order valence-corrected chi connectivity index (χ3v) is 5.82. The van der Waals surface area contributed by atoms with Crippen molar-refractivity contribution in [1.82, 2.24) is 9.55 Å². The Morgan fingerprint density at radius 1 is 1.69 bits per heavy atom. The van der Waals surface area contributed by atoms with Crippen LogP contribution < -0.4 is 5.73 Å². The zero-order chi connectivity index (χ0) is 11.9. The molecule has 5 nitrogen and oxygen atoms in total. The maximum Gasteiger partial charge on any atom is 0.325 e. The average Bonchev–Trinajstić information content (AvgIpc) is 3.02. The summed E-state index contributed by atoms with van der Waals surface area (Å²) in [6, 6.07) is 0. The summed E-state index contributed by atoms with van der Waals surface area (Å²) in [5.74, 6) is -0.824. The van der Waals surface area contributed by atoms with Gasteiger partial charge in [0, 0.05) is 0 Å². The first-order valence-corrected chi connectivity index (χ1v) is 6.99. The van der Waals surface area contributed by atoms with Crippen molar-refractivity contribution in [3.05, 3.63) is 13.7 Å². The largest absolute Gasteiger partial charge is 0.480 e. The van der Waals surface area contributed by atoms with Gasteiger partial charge in [-0.15, -0.1) is 0 Å². The zero-order valence-corrected chi connectivity index (χ0v) is 12.7. The van der Waals surface area contributed by atoms with Gasteiger partial charge in [-0.1, -0.05) is 0 Å². The van der Waals surface area contributed by atoms with E-state index in [9.17, 15) is 9.90 Å². The number of hydrogen-bond donors (Lipinski definition) is 2. The number of carboxylic acids is 1. The smallest absolute Gasteiger partial charge is 0.325 e. The molecule has 0 amide bonds. The fraction of sp³-hybridized carbons (Fsp3) is 0.556. The Hall–Kier alpha value is 0.1000. The molecule has 1 atom stereocenters. The summed E-state index contributed by atoms with van der Waals surface area (Å²) in [5.41, 5.74) is 4.85. The Kier molecular flexibility index (Phi) is 3.46. The van der Waals surface area contributed by atoms with Crippen LogP contribution >= 0.6 is 45.2 Å². The number of carboxylic acid groups (broad SMARTS) is 1. The fourth-order valence-electron chi connectivity index (χ4n) is 1.70. The average molecular weight is 447 g/mol. The summed E-state index contributed by atoms with van der Waals surface area (Å²) >= 11 is 4.27. The molecule has 7 heteroatoms. The van der Waals surface area contributed by atoms with Crippen LogP contribution in [0.5, 0.6) is 0 Å². The minimum Gasteiger partial charge on any atom is -0.480 e. The number of rotatable bonds is 4. The summed E-state index contributed by atoms with van der Waals surface area (Å²) in [4.78, 5) is 15.4. The lowest BCUT2D eigenvalue weighted by Gasteiger charge is -2.25. The van der Waals surface area contributed by atoms with Crippen LogP contribution in [0.15, 0.2) is 6.33 Å². The highest BCUT2D eigenvalue weighted by atomic mass is 127. The molecule has 2 rings (SSSR count). The molecule has 16 heavy (non-hydrogen) atoms. The van der Waals surface area contributed by atoms with Gasteiger partial charge in [-0.25, -0.2) is 4.98 Å². The van der Waals surface area contributed by atoms with Crippen molar-refractivity contribution in [2.45, 2.75) is 24.9 Å². The quantitative estimate of drug-likeness (QED) is 0.683. The van der Waals surface area contributed by atoms with Crippen LogP contribution in [-0.2, 0) is 11.3 Å². The number of aliphatic carboxylic acids is 1. The van der Waals surface area contributed by atoms with E-state index in [1.165, 1.54) is 0 Å². The van der Waals surface area contributed by atoms with Crippen LogP contribution in [0.25, 0.3) is 0 Å². The van der Waals surface area contributed by atoms with Crippen molar-refractivity contribution < 1.29 is 9.90 Å². The molecule has 0 radical (unpaired) electrons. The molecular weight excluding hydrogens is 436 g/mol. The van der Waals surface area contributed by atoms with Gasteiger partial charge in [-0.3, -0.25) is 4.79 Å². The minimum atomic E-state index is -1.15. The number of carbonyl (C=O) groups is 1. The van der Waals surface area contributed by atoms with Crippen LogP contribution in [0.2, 0.25) is 0 Å². The Morgan fingerprint density at radius 2 is 2.31 bits per heavy atom. The van der Waals surface area contributed by atoms with Crippen LogP contribution in [0.4, 0.5) is 0 Å². The Morgan fingerprint density at radius 3 is 2.69 bits per heavy atom. The number of nitrogens with two attached hydrogens (primary N) is 1. The van der Waals surface area contributed by atoms with Crippen molar-refractivity contribution >= 4 is 51.2 Å². The minimum absolute atomic E-state index is 0.0980. The molecule has 0 bridgehead atoms. The van der Waals surface area contributed by atoms with Crippen molar-refractivity contribution in [2.24, 2.45) is 11.7 Å². The first-order chi connectivity index (χ1) is 7.45. The third-order valence-electron chi connectivity index (χ3n) is 2.87. The first-order valence-electron chi connectivity index (χ1n) is 4.83. The molecule has 1 heterocycles. The van der Waals surface area contributed by atoms with Crippen LogP contribution in [0.1, 0.15) is 12.8 Å². The monoisotopic (exact) mass is 447 g/mol. The zero-order valence-electron chi connectivity index (χ0n) is 8.36. The maximum absolute atomic E-state index is 11.3. The highest BCUT2D eigenvalue weighted by molar-refractivity contribution is 14.1. The van der Waals surface area contributed by atoms with Gasteiger partial charge >= 0.3 is 5.97 Å². The lowest BCUT2D eigenvalue weighted by Crippen LogP contribution is -2.53. The molecule has 1 aromatic heterocycles. The molecule has 1 aromatic rings. The van der Waals surface area contributed by atoms with Gasteiger partial charge < -0.3 is 15.4 Å². The molecule has 1 aliphatic carbocycles. The van der Waals surface area contributed by atoms with E-state index in [2.05, 4.69) is 50.2 Å². The molecule has 3 N–H and O–H groups in total. The molecule has 1 aliphatic rings. The van der Waals surface area contributed by atoms with E-state index >= 15 is 0 Å². The van der Waals surface area contributed by atoms with Gasteiger partial charge in [0.15, 0.2) is 0 Å². The van der Waals surface area contributed by atoms with Gasteiger partial charge in [0.2, 0.25) is 0 Å². The van der Waals surface area contributed by atoms with E-state index in [4.69, 9.17) is 5.73 Å². The fourth-order valence-corrected chi connectivity index (χ4v) is 2.57. The maximum atomic E-state index is 11.3. The predicted octanol–water partition coefficient (Wildman–Crippen LogP) is 1.28. The summed E-state index contributed by atoms with van der Waals surface area (Å²) < 4.78 is 3.63. The van der Waals surface area contributed by atoms with E-state index < -0.39 is 11.5 Å². The van der Waals surface area contributed by atoms with Crippen molar-refractivity contribution in [2.75, 3.05) is 0 Å². The molecule has 88 valence electrons. The van der Waals surface area contributed by atoms with E-state index in [1.54, 1.807) is 6.33 Å². The number of aromatic nitrogens is 2. The van der Waals surface area contributed by atoms with Crippen LogP contribution in [0.3, 0.4) is 0 Å². The molecule has 1 fully saturated rings. The van der Waals surface area contributed by atoms with Crippen molar-refractivity contribution in [3.63, 3.8) is 0 Å². The summed E-state index contributed by atoms with van der Waals surface area (Å²) in [6.45, 7) is 0.293. The van der Waals surface area contributed by atoms with E-state index in [0.717, 1.165) is 20.2 Å². The molecule has 1 saturated carbocycles. The van der Waals surface area contributed by atoms with Gasteiger partial charge in [0.05, 0.1) is 12.9 Å². The highest BCUT2D eigenvalue weighted by Crippen LogP contribution is 2.39. The number of imidazole rings is 1. The molecule has 0 aromatic carbocycles. The SMILES string of the molecule is NC(Cn1cnc(I)c1I)(C(=O)O)C1CC1. The van der Waals surface area contributed by atoms with Crippen LogP contribution in [0, 0.1) is 13.3 Å². The molecular formula is C9H11I2N3O2. The second-order valence-corrected chi connectivity index (χ2v) is 6.12. The first kappa shape index (κ1) is 12.6. The molecule has 0 aliphatic heterocycles.